The number of methoxy groups -OCH3 is 1. The predicted molar refractivity (Wildman–Crippen MR) is 68.6 cm³/mol. The zero-order valence-electron chi connectivity index (χ0n) is 10.5. The molecule has 0 radical (unpaired) electrons. The molecule has 0 spiro atoms. The van der Waals surface area contributed by atoms with Gasteiger partial charge in [0, 0.05) is 19.0 Å². The maximum Gasteiger partial charge on any atom is 0.119 e. The Hall–Kier alpha value is -0.450. The third-order valence-corrected chi connectivity index (χ3v) is 3.63. The van der Waals surface area contributed by atoms with Crippen LogP contribution in [0.5, 0.6) is 0 Å². The van der Waals surface area contributed by atoms with Gasteiger partial charge in [0.2, 0.25) is 0 Å². The summed E-state index contributed by atoms with van der Waals surface area (Å²) in [4.78, 5) is 4.48. The summed E-state index contributed by atoms with van der Waals surface area (Å²) in [6.45, 7) is 7.07. The Labute approximate surface area is 102 Å². The van der Waals surface area contributed by atoms with Crippen LogP contribution in [0.3, 0.4) is 0 Å². The molecule has 0 bridgehead atoms. The number of rotatable bonds is 8. The molecule has 0 aliphatic heterocycles. The van der Waals surface area contributed by atoms with Crippen molar-refractivity contribution in [2.75, 3.05) is 13.7 Å². The van der Waals surface area contributed by atoms with Crippen LogP contribution >= 0.6 is 11.3 Å². The van der Waals surface area contributed by atoms with E-state index in [9.17, 15) is 0 Å². The molecule has 0 saturated heterocycles. The third kappa shape index (κ3) is 4.60. The van der Waals surface area contributed by atoms with Gasteiger partial charge in [0.1, 0.15) is 5.01 Å². The normalized spacial score (nSPS) is 11.2. The van der Waals surface area contributed by atoms with Crippen LogP contribution in [-0.4, -0.2) is 18.6 Å². The second-order valence-electron chi connectivity index (χ2n) is 3.98. The smallest absolute Gasteiger partial charge is 0.119 e. The number of hydrogen-bond acceptors (Lipinski definition) is 4. The number of nitrogens with zero attached hydrogens (tertiary/aromatic N) is 1. The minimum atomic E-state index is 0.622. The topological polar surface area (TPSA) is 34.1 Å². The molecule has 1 rings (SSSR count). The predicted octanol–water partition coefficient (Wildman–Crippen LogP) is 2.82. The van der Waals surface area contributed by atoms with Gasteiger partial charge in [-0.05, 0) is 12.5 Å². The van der Waals surface area contributed by atoms with Gasteiger partial charge in [-0.3, -0.25) is 0 Å². The Morgan fingerprint density at radius 2 is 2.19 bits per heavy atom. The Morgan fingerprint density at radius 3 is 2.81 bits per heavy atom. The fraction of sp³-hybridized carbons (Fsp3) is 0.750. The van der Waals surface area contributed by atoms with E-state index in [1.807, 2.05) is 0 Å². The zero-order chi connectivity index (χ0) is 11.8. The van der Waals surface area contributed by atoms with Crippen LogP contribution in [0.25, 0.3) is 0 Å². The fourth-order valence-corrected chi connectivity index (χ4v) is 2.37. The Kier molecular flexibility index (Phi) is 6.61. The average Bonchev–Trinajstić information content (AvgIpc) is 2.73. The Balaban J connectivity index is 2.25. The van der Waals surface area contributed by atoms with E-state index in [0.717, 1.165) is 29.7 Å². The summed E-state index contributed by atoms with van der Waals surface area (Å²) in [5.74, 6) is 0.789. The van der Waals surface area contributed by atoms with E-state index in [1.165, 1.54) is 12.8 Å². The van der Waals surface area contributed by atoms with Crippen molar-refractivity contribution in [1.82, 2.24) is 10.3 Å². The molecule has 1 heterocycles. The third-order valence-electron chi connectivity index (χ3n) is 2.76. The summed E-state index contributed by atoms with van der Waals surface area (Å²) in [5, 5.41) is 6.63. The number of aromatic nitrogens is 1. The lowest BCUT2D eigenvalue weighted by Gasteiger charge is -2.12. The highest BCUT2D eigenvalue weighted by Crippen LogP contribution is 2.11. The largest absolute Gasteiger partial charge is 0.378 e. The highest BCUT2D eigenvalue weighted by molar-refractivity contribution is 7.09. The van der Waals surface area contributed by atoms with Crippen molar-refractivity contribution in [3.63, 3.8) is 0 Å². The van der Waals surface area contributed by atoms with Crippen molar-refractivity contribution in [2.24, 2.45) is 5.92 Å². The van der Waals surface area contributed by atoms with Crippen LogP contribution in [0, 0.1) is 5.92 Å². The van der Waals surface area contributed by atoms with Gasteiger partial charge >= 0.3 is 0 Å². The standard InChI is InChI=1S/C12H22N2OS/c1-4-10(5-2)6-13-7-11-9-16-12(14-11)8-15-3/h9-10,13H,4-8H2,1-3H3. The molecule has 0 amide bonds. The van der Waals surface area contributed by atoms with E-state index in [1.54, 1.807) is 18.4 Å². The molecule has 0 saturated carbocycles. The number of hydrogen-bond donors (Lipinski definition) is 1. The molecule has 1 aromatic rings. The molecule has 1 aromatic heterocycles. The summed E-state index contributed by atoms with van der Waals surface area (Å²) < 4.78 is 5.05. The molecular weight excluding hydrogens is 220 g/mol. The monoisotopic (exact) mass is 242 g/mol. The van der Waals surface area contributed by atoms with E-state index in [0.29, 0.717) is 6.61 Å². The SMILES string of the molecule is CCC(CC)CNCc1csc(COC)n1. The maximum atomic E-state index is 5.05. The van der Waals surface area contributed by atoms with Gasteiger partial charge < -0.3 is 10.1 Å². The fourth-order valence-electron chi connectivity index (χ4n) is 1.60. The summed E-state index contributed by atoms with van der Waals surface area (Å²) >= 11 is 1.67. The van der Waals surface area contributed by atoms with Crippen LogP contribution in [0.1, 0.15) is 37.4 Å². The Bertz CT molecular complexity index is 284. The number of nitrogens with one attached hydrogen (secondary N) is 1. The van der Waals surface area contributed by atoms with E-state index in [-0.39, 0.29) is 0 Å². The van der Waals surface area contributed by atoms with Gasteiger partial charge in [0.25, 0.3) is 0 Å². The van der Waals surface area contributed by atoms with Gasteiger partial charge in [0.15, 0.2) is 0 Å². The van der Waals surface area contributed by atoms with Crippen LogP contribution in [0.4, 0.5) is 0 Å². The van der Waals surface area contributed by atoms with Crippen LogP contribution < -0.4 is 5.32 Å². The van der Waals surface area contributed by atoms with Gasteiger partial charge in [-0.1, -0.05) is 26.7 Å². The molecule has 3 nitrogen and oxygen atoms in total. The van der Waals surface area contributed by atoms with Gasteiger partial charge in [-0.15, -0.1) is 11.3 Å². The first-order chi connectivity index (χ1) is 7.80. The summed E-state index contributed by atoms with van der Waals surface area (Å²) in [7, 11) is 1.70. The molecule has 0 aliphatic carbocycles. The molecule has 0 fully saturated rings. The minimum absolute atomic E-state index is 0.622. The van der Waals surface area contributed by atoms with Gasteiger partial charge in [0.05, 0.1) is 12.3 Å². The molecule has 92 valence electrons. The second-order valence-corrected chi connectivity index (χ2v) is 4.92. The highest BCUT2D eigenvalue weighted by Gasteiger charge is 2.04. The first-order valence-electron chi connectivity index (χ1n) is 5.93. The summed E-state index contributed by atoms with van der Waals surface area (Å²) in [6, 6.07) is 0. The lowest BCUT2D eigenvalue weighted by Crippen LogP contribution is -2.21. The van der Waals surface area contributed by atoms with Gasteiger partial charge in [-0.2, -0.15) is 0 Å². The van der Waals surface area contributed by atoms with Crippen LogP contribution in [0.15, 0.2) is 5.38 Å². The summed E-state index contributed by atoms with van der Waals surface area (Å²) in [5.41, 5.74) is 1.13. The van der Waals surface area contributed by atoms with Gasteiger partial charge in [-0.25, -0.2) is 4.98 Å². The van der Waals surface area contributed by atoms with Crippen LogP contribution in [0.2, 0.25) is 0 Å². The molecule has 0 atom stereocenters. The molecule has 0 aromatic carbocycles. The van der Waals surface area contributed by atoms with Crippen molar-refractivity contribution in [3.05, 3.63) is 16.1 Å². The maximum absolute atomic E-state index is 5.05. The second kappa shape index (κ2) is 7.76. The first kappa shape index (κ1) is 13.6. The number of ether oxygens (including phenoxy) is 1. The Morgan fingerprint density at radius 1 is 1.44 bits per heavy atom. The molecule has 1 N–H and O–H groups in total. The van der Waals surface area contributed by atoms with E-state index < -0.39 is 0 Å². The van der Waals surface area contributed by atoms with Crippen molar-refractivity contribution in [3.8, 4) is 0 Å². The lowest BCUT2D eigenvalue weighted by molar-refractivity contribution is 0.184. The molecule has 0 unspecified atom stereocenters. The van der Waals surface area contributed by atoms with Crippen molar-refractivity contribution < 1.29 is 4.74 Å². The minimum Gasteiger partial charge on any atom is -0.378 e. The lowest BCUT2D eigenvalue weighted by atomic mass is 10.0. The first-order valence-corrected chi connectivity index (χ1v) is 6.81. The number of thiazole rings is 1. The van der Waals surface area contributed by atoms with E-state index in [4.69, 9.17) is 4.74 Å². The van der Waals surface area contributed by atoms with Crippen molar-refractivity contribution in [1.29, 1.82) is 0 Å². The highest BCUT2D eigenvalue weighted by atomic mass is 32.1. The molecular formula is C12H22N2OS. The molecule has 16 heavy (non-hydrogen) atoms. The molecule has 4 heteroatoms. The zero-order valence-corrected chi connectivity index (χ0v) is 11.3. The van der Waals surface area contributed by atoms with Crippen LogP contribution in [-0.2, 0) is 17.9 Å². The average molecular weight is 242 g/mol. The molecule has 0 aliphatic rings. The quantitative estimate of drug-likeness (QED) is 0.761. The van der Waals surface area contributed by atoms with Crippen molar-refractivity contribution >= 4 is 11.3 Å². The van der Waals surface area contributed by atoms with E-state index >= 15 is 0 Å². The van der Waals surface area contributed by atoms with E-state index in [2.05, 4.69) is 29.5 Å². The summed E-state index contributed by atoms with van der Waals surface area (Å²) in [6.07, 6.45) is 2.49. The van der Waals surface area contributed by atoms with Crippen molar-refractivity contribution in [2.45, 2.75) is 39.8 Å².